The van der Waals surface area contributed by atoms with E-state index in [1.54, 1.807) is 0 Å². The van der Waals surface area contributed by atoms with E-state index in [1.165, 1.54) is 14.1 Å². The fourth-order valence-electron chi connectivity index (χ4n) is 0.835. The van der Waals surface area contributed by atoms with Crippen LogP contribution in [0.3, 0.4) is 0 Å². The Bertz CT molecular complexity index is 130. The van der Waals surface area contributed by atoms with E-state index in [4.69, 9.17) is 20.4 Å². The lowest BCUT2D eigenvalue weighted by molar-refractivity contribution is -0.284. The SMILES string of the molecule is CN(C)C(O)(C(O)O)C(O)CO. The largest absolute Gasteiger partial charge is 0.394 e. The quantitative estimate of drug-likeness (QED) is 0.294. The maximum absolute atomic E-state index is 9.45. The molecular weight excluding hydrogens is 166 g/mol. The summed E-state index contributed by atoms with van der Waals surface area (Å²) in [5.41, 5.74) is -2.24. The third kappa shape index (κ3) is 1.92. The maximum Gasteiger partial charge on any atom is 0.198 e. The van der Waals surface area contributed by atoms with Gasteiger partial charge >= 0.3 is 0 Å². The van der Waals surface area contributed by atoms with Crippen molar-refractivity contribution in [3.63, 3.8) is 0 Å². The summed E-state index contributed by atoms with van der Waals surface area (Å²) in [4.78, 5) is 1.01. The van der Waals surface area contributed by atoms with Crippen molar-refractivity contribution in [1.29, 1.82) is 0 Å². The minimum absolute atomic E-state index is 0.758. The third-order valence-corrected chi connectivity index (χ3v) is 1.76. The van der Waals surface area contributed by atoms with Gasteiger partial charge in [-0.3, -0.25) is 4.90 Å². The first-order valence-electron chi connectivity index (χ1n) is 3.42. The van der Waals surface area contributed by atoms with Crippen molar-refractivity contribution in [2.45, 2.75) is 18.1 Å². The summed E-state index contributed by atoms with van der Waals surface area (Å²) in [5, 5.41) is 44.5. The highest BCUT2D eigenvalue weighted by atomic mass is 16.5. The van der Waals surface area contributed by atoms with E-state index in [1.807, 2.05) is 0 Å². The first kappa shape index (κ1) is 11.8. The number of rotatable bonds is 4. The van der Waals surface area contributed by atoms with Crippen molar-refractivity contribution < 1.29 is 25.5 Å². The minimum atomic E-state index is -2.24. The second kappa shape index (κ2) is 4.13. The van der Waals surface area contributed by atoms with Gasteiger partial charge in [-0.05, 0) is 14.1 Å². The van der Waals surface area contributed by atoms with Crippen LogP contribution in [0.1, 0.15) is 0 Å². The van der Waals surface area contributed by atoms with E-state index in [-0.39, 0.29) is 0 Å². The van der Waals surface area contributed by atoms with Crippen molar-refractivity contribution >= 4 is 0 Å². The molecule has 0 radical (unpaired) electrons. The van der Waals surface area contributed by atoms with E-state index < -0.39 is 24.7 Å². The molecule has 0 aliphatic rings. The van der Waals surface area contributed by atoms with E-state index >= 15 is 0 Å². The highest BCUT2D eigenvalue weighted by Crippen LogP contribution is 2.16. The third-order valence-electron chi connectivity index (χ3n) is 1.76. The normalized spacial score (nSPS) is 19.8. The van der Waals surface area contributed by atoms with E-state index in [0.717, 1.165) is 4.90 Å². The van der Waals surface area contributed by atoms with Crippen LogP contribution in [-0.4, -0.2) is 69.3 Å². The zero-order chi connectivity index (χ0) is 9.94. The maximum atomic E-state index is 9.45. The van der Waals surface area contributed by atoms with Gasteiger partial charge in [-0.1, -0.05) is 0 Å². The lowest BCUT2D eigenvalue weighted by Gasteiger charge is -2.38. The lowest BCUT2D eigenvalue weighted by atomic mass is 10.1. The summed E-state index contributed by atoms with van der Waals surface area (Å²) in [5.74, 6) is 0. The molecule has 5 N–H and O–H groups in total. The Labute approximate surface area is 70.3 Å². The van der Waals surface area contributed by atoms with E-state index in [0.29, 0.717) is 0 Å². The molecule has 0 saturated carbocycles. The van der Waals surface area contributed by atoms with Crippen LogP contribution in [0.2, 0.25) is 0 Å². The molecule has 0 aliphatic heterocycles. The Kier molecular flexibility index (Phi) is 4.04. The first-order valence-corrected chi connectivity index (χ1v) is 3.42. The Morgan fingerprint density at radius 3 is 1.75 bits per heavy atom. The molecule has 0 saturated heterocycles. The molecule has 0 spiro atoms. The Morgan fingerprint density at radius 1 is 1.25 bits per heavy atom. The average molecular weight is 181 g/mol. The zero-order valence-corrected chi connectivity index (χ0v) is 7.05. The van der Waals surface area contributed by atoms with Crippen molar-refractivity contribution in [3.8, 4) is 0 Å². The molecule has 2 unspecified atom stereocenters. The summed E-state index contributed by atoms with van der Waals surface area (Å²) in [7, 11) is 2.69. The van der Waals surface area contributed by atoms with Crippen molar-refractivity contribution in [3.05, 3.63) is 0 Å². The highest BCUT2D eigenvalue weighted by molar-refractivity contribution is 4.85. The van der Waals surface area contributed by atoms with E-state index in [2.05, 4.69) is 0 Å². The summed E-state index contributed by atoms with van der Waals surface area (Å²) in [6.45, 7) is -0.758. The van der Waals surface area contributed by atoms with Crippen LogP contribution < -0.4 is 0 Å². The predicted molar refractivity (Wildman–Crippen MR) is 40.0 cm³/mol. The molecule has 0 fully saturated rings. The van der Waals surface area contributed by atoms with Gasteiger partial charge in [0.15, 0.2) is 12.0 Å². The molecule has 0 amide bonds. The molecule has 0 aliphatic carbocycles. The molecule has 2 atom stereocenters. The monoisotopic (exact) mass is 181 g/mol. The van der Waals surface area contributed by atoms with Gasteiger partial charge in [0.25, 0.3) is 0 Å². The van der Waals surface area contributed by atoms with Gasteiger partial charge in [-0.25, -0.2) is 0 Å². The summed E-state index contributed by atoms with van der Waals surface area (Å²) >= 11 is 0. The molecule has 74 valence electrons. The lowest BCUT2D eigenvalue weighted by Crippen LogP contribution is -2.62. The molecule has 0 aromatic heterocycles. The van der Waals surface area contributed by atoms with Crippen LogP contribution >= 0.6 is 0 Å². The van der Waals surface area contributed by atoms with Crippen LogP contribution in [0.15, 0.2) is 0 Å². The minimum Gasteiger partial charge on any atom is -0.394 e. The first-order chi connectivity index (χ1) is 5.37. The summed E-state index contributed by atoms with van der Waals surface area (Å²) in [6.07, 6.45) is -3.78. The van der Waals surface area contributed by atoms with Gasteiger partial charge in [-0.15, -0.1) is 0 Å². The standard InChI is InChI=1S/C6H15NO5/c1-7(2)6(12,5(10)11)4(9)3-8/h4-5,8-12H,3H2,1-2H3. The van der Waals surface area contributed by atoms with Gasteiger partial charge in [0.05, 0.1) is 6.61 Å². The predicted octanol–water partition coefficient (Wildman–Crippen LogP) is -3.10. The second-order valence-corrected chi connectivity index (χ2v) is 2.75. The molecule has 0 aromatic carbocycles. The Balaban J connectivity index is 4.61. The number of hydrogen-bond acceptors (Lipinski definition) is 6. The summed E-state index contributed by atoms with van der Waals surface area (Å²) < 4.78 is 0. The molecule has 0 heterocycles. The zero-order valence-electron chi connectivity index (χ0n) is 7.05. The van der Waals surface area contributed by atoms with Gasteiger partial charge in [0.2, 0.25) is 0 Å². The second-order valence-electron chi connectivity index (χ2n) is 2.75. The number of aliphatic hydroxyl groups excluding tert-OH is 3. The van der Waals surface area contributed by atoms with Gasteiger partial charge < -0.3 is 25.5 Å². The van der Waals surface area contributed by atoms with Crippen LogP contribution in [0, 0.1) is 0 Å². The van der Waals surface area contributed by atoms with E-state index in [9.17, 15) is 5.11 Å². The summed E-state index contributed by atoms with van der Waals surface area (Å²) in [6, 6.07) is 0. The Hall–Kier alpha value is -0.240. The van der Waals surface area contributed by atoms with Crippen LogP contribution in [0.25, 0.3) is 0 Å². The molecule has 12 heavy (non-hydrogen) atoms. The van der Waals surface area contributed by atoms with Crippen LogP contribution in [-0.2, 0) is 0 Å². The van der Waals surface area contributed by atoms with Crippen molar-refractivity contribution in [1.82, 2.24) is 4.90 Å². The number of aliphatic hydroxyl groups is 5. The van der Waals surface area contributed by atoms with Crippen molar-refractivity contribution in [2.24, 2.45) is 0 Å². The molecular formula is C6H15NO5. The number of hydrogen-bond donors (Lipinski definition) is 5. The number of likely N-dealkylation sites (N-methyl/N-ethyl adjacent to an activating group) is 1. The topological polar surface area (TPSA) is 104 Å². The molecule has 0 aromatic rings. The molecule has 0 bridgehead atoms. The fourth-order valence-corrected chi connectivity index (χ4v) is 0.835. The molecule has 0 rings (SSSR count). The van der Waals surface area contributed by atoms with Crippen LogP contribution in [0.5, 0.6) is 0 Å². The van der Waals surface area contributed by atoms with Gasteiger partial charge in [-0.2, -0.15) is 0 Å². The number of nitrogens with zero attached hydrogens (tertiary/aromatic N) is 1. The fraction of sp³-hybridized carbons (Fsp3) is 1.00. The van der Waals surface area contributed by atoms with Gasteiger partial charge in [0.1, 0.15) is 6.10 Å². The smallest absolute Gasteiger partial charge is 0.198 e. The van der Waals surface area contributed by atoms with Gasteiger partial charge in [0, 0.05) is 0 Å². The van der Waals surface area contributed by atoms with Crippen LogP contribution in [0.4, 0.5) is 0 Å². The molecule has 6 heteroatoms. The molecule has 6 nitrogen and oxygen atoms in total. The average Bonchev–Trinajstić information content (AvgIpc) is 2.00. The van der Waals surface area contributed by atoms with Crippen molar-refractivity contribution in [2.75, 3.05) is 20.7 Å². The Morgan fingerprint density at radius 2 is 1.67 bits per heavy atom. The highest BCUT2D eigenvalue weighted by Gasteiger charge is 2.44.